The van der Waals surface area contributed by atoms with Crippen molar-refractivity contribution in [3.05, 3.63) is 28.6 Å². The van der Waals surface area contributed by atoms with Gasteiger partial charge in [0, 0.05) is 16.5 Å². The number of nitrogens with zero attached hydrogens (tertiary/aromatic N) is 1. The van der Waals surface area contributed by atoms with Crippen molar-refractivity contribution in [3.63, 3.8) is 0 Å². The van der Waals surface area contributed by atoms with Crippen LogP contribution < -0.4 is 9.46 Å². The molecule has 0 aliphatic rings. The summed E-state index contributed by atoms with van der Waals surface area (Å²) in [5, 5.41) is 2.84. The zero-order valence-corrected chi connectivity index (χ0v) is 14.9. The maximum Gasteiger partial charge on any atom is 0.244 e. The summed E-state index contributed by atoms with van der Waals surface area (Å²) in [4.78, 5) is 4.52. The topological polar surface area (TPSA) is 68.3 Å². The number of methoxy groups -OCH3 is 1. The predicted molar refractivity (Wildman–Crippen MR) is 88.9 cm³/mol. The minimum absolute atomic E-state index is 0.119. The van der Waals surface area contributed by atoms with Crippen LogP contribution in [0.25, 0.3) is 11.3 Å². The van der Waals surface area contributed by atoms with E-state index in [1.807, 2.05) is 18.4 Å². The molecule has 1 heterocycles. The number of thiazole rings is 1. The third-order valence-electron chi connectivity index (χ3n) is 2.81. The summed E-state index contributed by atoms with van der Waals surface area (Å²) in [7, 11) is -2.23. The lowest BCUT2D eigenvalue weighted by atomic mass is 10.1. The SMILES string of the molecule is COc1ccc(-c2csc(C)n2)cc1S(=O)(=O)NC(C)(C)C. The molecule has 1 aromatic carbocycles. The lowest BCUT2D eigenvalue weighted by molar-refractivity contribution is 0.401. The minimum atomic E-state index is -3.68. The van der Waals surface area contributed by atoms with Gasteiger partial charge < -0.3 is 4.74 Å². The first-order valence-electron chi connectivity index (χ1n) is 6.77. The van der Waals surface area contributed by atoms with Crippen LogP contribution in [0.1, 0.15) is 25.8 Å². The van der Waals surface area contributed by atoms with Crippen molar-refractivity contribution in [2.75, 3.05) is 7.11 Å². The number of nitrogens with one attached hydrogen (secondary N) is 1. The van der Waals surface area contributed by atoms with Crippen molar-refractivity contribution in [2.45, 2.75) is 38.1 Å². The second-order valence-corrected chi connectivity index (χ2v) is 8.69. The molecule has 5 nitrogen and oxygen atoms in total. The molecule has 0 fully saturated rings. The van der Waals surface area contributed by atoms with Gasteiger partial charge in [-0.25, -0.2) is 18.1 Å². The Balaban J connectivity index is 2.54. The molecule has 0 unspecified atom stereocenters. The monoisotopic (exact) mass is 340 g/mol. The Morgan fingerprint density at radius 2 is 1.95 bits per heavy atom. The molecular weight excluding hydrogens is 320 g/mol. The van der Waals surface area contributed by atoms with E-state index in [-0.39, 0.29) is 4.90 Å². The van der Waals surface area contributed by atoms with E-state index in [1.165, 1.54) is 18.4 Å². The molecule has 2 aromatic rings. The molecular formula is C15H20N2O3S2. The van der Waals surface area contributed by atoms with Gasteiger partial charge in [-0.15, -0.1) is 11.3 Å². The first-order valence-corrected chi connectivity index (χ1v) is 9.13. The second kappa shape index (κ2) is 5.98. The smallest absolute Gasteiger partial charge is 0.244 e. The van der Waals surface area contributed by atoms with E-state index >= 15 is 0 Å². The standard InChI is InChI=1S/C15H20N2O3S2/c1-10-16-12(9-21-10)11-6-7-13(20-5)14(8-11)22(18,19)17-15(2,3)4/h6-9,17H,1-5H3. The summed E-state index contributed by atoms with van der Waals surface area (Å²) in [5.41, 5.74) is 0.939. The van der Waals surface area contributed by atoms with Gasteiger partial charge in [0.05, 0.1) is 17.8 Å². The summed E-state index contributed by atoms with van der Waals surface area (Å²) < 4.78 is 33.1. The van der Waals surface area contributed by atoms with Crippen molar-refractivity contribution in [1.29, 1.82) is 0 Å². The normalized spacial score (nSPS) is 12.4. The van der Waals surface area contributed by atoms with E-state index in [0.29, 0.717) is 5.75 Å². The first-order chi connectivity index (χ1) is 10.1. The third-order valence-corrected chi connectivity index (χ3v) is 5.36. The Kier molecular flexibility index (Phi) is 4.60. The van der Waals surface area contributed by atoms with E-state index in [9.17, 15) is 8.42 Å². The highest BCUT2D eigenvalue weighted by atomic mass is 32.2. The molecule has 1 aromatic heterocycles. The van der Waals surface area contributed by atoms with Gasteiger partial charge in [-0.05, 0) is 45.9 Å². The van der Waals surface area contributed by atoms with Crippen LogP contribution in [-0.4, -0.2) is 26.1 Å². The molecule has 1 N–H and O–H groups in total. The number of hydrogen-bond acceptors (Lipinski definition) is 5. The molecule has 0 saturated carbocycles. The molecule has 22 heavy (non-hydrogen) atoms. The van der Waals surface area contributed by atoms with Crippen molar-refractivity contribution >= 4 is 21.4 Å². The Labute approximate surface area is 135 Å². The molecule has 0 spiro atoms. The zero-order valence-electron chi connectivity index (χ0n) is 13.3. The number of sulfonamides is 1. The number of aromatic nitrogens is 1. The fourth-order valence-corrected chi connectivity index (χ4v) is 4.24. The molecule has 7 heteroatoms. The highest BCUT2D eigenvalue weighted by molar-refractivity contribution is 7.89. The van der Waals surface area contributed by atoms with E-state index < -0.39 is 15.6 Å². The average molecular weight is 340 g/mol. The van der Waals surface area contributed by atoms with Crippen molar-refractivity contribution in [3.8, 4) is 17.0 Å². The maximum absolute atomic E-state index is 12.6. The van der Waals surface area contributed by atoms with E-state index in [4.69, 9.17) is 4.74 Å². The molecule has 0 aliphatic heterocycles. The van der Waals surface area contributed by atoms with Crippen LogP contribution in [0.15, 0.2) is 28.5 Å². The largest absolute Gasteiger partial charge is 0.495 e. The number of rotatable bonds is 4. The number of ether oxygens (including phenoxy) is 1. The number of aryl methyl sites for hydroxylation is 1. The third kappa shape index (κ3) is 3.85. The Morgan fingerprint density at radius 3 is 2.45 bits per heavy atom. The fourth-order valence-electron chi connectivity index (χ4n) is 2.00. The molecule has 2 rings (SSSR count). The van der Waals surface area contributed by atoms with Crippen molar-refractivity contribution in [2.24, 2.45) is 0 Å². The molecule has 0 atom stereocenters. The van der Waals surface area contributed by atoms with Crippen LogP contribution in [0.5, 0.6) is 5.75 Å². The van der Waals surface area contributed by atoms with E-state index in [1.54, 1.807) is 32.9 Å². The highest BCUT2D eigenvalue weighted by Crippen LogP contribution is 2.31. The first kappa shape index (κ1) is 16.9. The average Bonchev–Trinajstić information content (AvgIpc) is 2.82. The van der Waals surface area contributed by atoms with Crippen LogP contribution in [0.4, 0.5) is 0 Å². The van der Waals surface area contributed by atoms with Crippen molar-refractivity contribution in [1.82, 2.24) is 9.71 Å². The van der Waals surface area contributed by atoms with Gasteiger partial charge in [-0.2, -0.15) is 0 Å². The minimum Gasteiger partial charge on any atom is -0.495 e. The summed E-state index contributed by atoms with van der Waals surface area (Å²) >= 11 is 1.53. The number of hydrogen-bond donors (Lipinski definition) is 1. The van der Waals surface area contributed by atoms with Crippen LogP contribution in [0, 0.1) is 6.92 Å². The van der Waals surface area contributed by atoms with Gasteiger partial charge in [0.1, 0.15) is 10.6 Å². The van der Waals surface area contributed by atoms with Crippen molar-refractivity contribution < 1.29 is 13.2 Å². The van der Waals surface area contributed by atoms with Crippen LogP contribution >= 0.6 is 11.3 Å². The summed E-state index contributed by atoms with van der Waals surface area (Å²) in [6.45, 7) is 7.30. The predicted octanol–water partition coefficient (Wildman–Crippen LogP) is 3.20. The fraction of sp³-hybridized carbons (Fsp3) is 0.400. The highest BCUT2D eigenvalue weighted by Gasteiger charge is 2.26. The molecule has 0 radical (unpaired) electrons. The molecule has 0 amide bonds. The van der Waals surface area contributed by atoms with Gasteiger partial charge in [0.15, 0.2) is 0 Å². The van der Waals surface area contributed by atoms with Crippen LogP contribution in [0.2, 0.25) is 0 Å². The van der Waals surface area contributed by atoms with Gasteiger partial charge in [0.25, 0.3) is 0 Å². The second-order valence-electron chi connectivity index (χ2n) is 5.97. The molecule has 0 saturated heterocycles. The number of benzene rings is 1. The summed E-state index contributed by atoms with van der Waals surface area (Å²) in [6, 6.07) is 5.06. The molecule has 0 aliphatic carbocycles. The quantitative estimate of drug-likeness (QED) is 0.928. The van der Waals surface area contributed by atoms with E-state index in [2.05, 4.69) is 9.71 Å². The van der Waals surface area contributed by atoms with Crippen LogP contribution in [-0.2, 0) is 10.0 Å². The van der Waals surface area contributed by atoms with Gasteiger partial charge in [-0.1, -0.05) is 0 Å². The Hall–Kier alpha value is -1.44. The lowest BCUT2D eigenvalue weighted by Gasteiger charge is -2.21. The molecule has 120 valence electrons. The van der Waals surface area contributed by atoms with E-state index in [0.717, 1.165) is 16.3 Å². The van der Waals surface area contributed by atoms with Gasteiger partial charge in [-0.3, -0.25) is 0 Å². The Bertz CT molecular complexity index is 774. The lowest BCUT2D eigenvalue weighted by Crippen LogP contribution is -2.40. The van der Waals surface area contributed by atoms with Crippen LogP contribution in [0.3, 0.4) is 0 Å². The Morgan fingerprint density at radius 1 is 1.27 bits per heavy atom. The van der Waals surface area contributed by atoms with Gasteiger partial charge in [0.2, 0.25) is 10.0 Å². The summed E-state index contributed by atoms with van der Waals surface area (Å²) in [5.74, 6) is 0.312. The maximum atomic E-state index is 12.6. The van der Waals surface area contributed by atoms with Gasteiger partial charge >= 0.3 is 0 Å². The molecule has 0 bridgehead atoms. The summed E-state index contributed by atoms with van der Waals surface area (Å²) in [6.07, 6.45) is 0. The zero-order chi connectivity index (χ0) is 16.5.